The van der Waals surface area contributed by atoms with Crippen LogP contribution in [0.15, 0.2) is 65.4 Å². The molecule has 4 rings (SSSR count). The molecular weight excluding hydrogens is 380 g/mol. The lowest BCUT2D eigenvalue weighted by atomic mass is 10.1. The number of carbonyl (C=O) groups excluding carboxylic acids is 1. The average Bonchev–Trinajstić information content (AvgIpc) is 3.42. The van der Waals surface area contributed by atoms with Gasteiger partial charge >= 0.3 is 0 Å². The predicted octanol–water partition coefficient (Wildman–Crippen LogP) is 3.38. The van der Waals surface area contributed by atoms with Crippen LogP contribution in [-0.2, 0) is 12.8 Å². The summed E-state index contributed by atoms with van der Waals surface area (Å²) < 4.78 is 10.8. The number of aromatic nitrogens is 2. The van der Waals surface area contributed by atoms with E-state index in [0.717, 1.165) is 27.8 Å². The largest absolute Gasteiger partial charge is 0.496 e. The minimum Gasteiger partial charge on any atom is -0.496 e. The molecule has 0 aliphatic carbocycles. The zero-order valence-electron chi connectivity index (χ0n) is 16.7. The number of methoxy groups -OCH3 is 1. The van der Waals surface area contributed by atoms with Crippen LogP contribution in [0.1, 0.15) is 33.5 Å². The van der Waals surface area contributed by atoms with E-state index in [1.54, 1.807) is 7.11 Å². The first-order valence-electron chi connectivity index (χ1n) is 9.82. The topological polar surface area (TPSA) is 106 Å². The minimum atomic E-state index is -0.445. The van der Waals surface area contributed by atoms with E-state index in [-0.39, 0.29) is 11.6 Å². The molecule has 2 heterocycles. The van der Waals surface area contributed by atoms with Crippen molar-refractivity contribution in [1.29, 1.82) is 0 Å². The molecule has 0 aliphatic heterocycles. The molecule has 1 unspecified atom stereocenters. The van der Waals surface area contributed by atoms with Gasteiger partial charge < -0.3 is 25.2 Å². The highest BCUT2D eigenvalue weighted by Gasteiger charge is 2.18. The van der Waals surface area contributed by atoms with Crippen molar-refractivity contribution in [3.05, 3.63) is 83.7 Å². The summed E-state index contributed by atoms with van der Waals surface area (Å²) >= 11 is 0. The molecule has 0 bridgehead atoms. The third-order valence-electron chi connectivity index (χ3n) is 5.06. The Morgan fingerprint density at radius 1 is 1.20 bits per heavy atom. The molecule has 2 aromatic heterocycles. The Hall–Kier alpha value is -3.58. The van der Waals surface area contributed by atoms with Crippen molar-refractivity contribution in [2.45, 2.75) is 18.9 Å². The molecule has 0 saturated carbocycles. The lowest BCUT2D eigenvalue weighted by Crippen LogP contribution is -2.26. The number of rotatable bonds is 8. The number of ether oxygens (including phenoxy) is 1. The van der Waals surface area contributed by atoms with Crippen LogP contribution in [0.3, 0.4) is 0 Å². The van der Waals surface area contributed by atoms with Crippen LogP contribution < -0.4 is 15.8 Å². The van der Waals surface area contributed by atoms with E-state index in [4.69, 9.17) is 14.9 Å². The van der Waals surface area contributed by atoms with Gasteiger partial charge in [-0.1, -0.05) is 36.4 Å². The molecule has 0 radical (unpaired) electrons. The predicted molar refractivity (Wildman–Crippen MR) is 114 cm³/mol. The Kier molecular flexibility index (Phi) is 5.81. The summed E-state index contributed by atoms with van der Waals surface area (Å²) in [4.78, 5) is 19.9. The molecule has 154 valence electrons. The molecule has 7 nitrogen and oxygen atoms in total. The number of aromatic amines is 1. The van der Waals surface area contributed by atoms with Gasteiger partial charge in [0.15, 0.2) is 5.69 Å². The molecule has 30 heavy (non-hydrogen) atoms. The highest BCUT2D eigenvalue weighted by molar-refractivity contribution is 5.91. The first-order valence-corrected chi connectivity index (χ1v) is 9.82. The van der Waals surface area contributed by atoms with E-state index in [1.165, 1.54) is 6.26 Å². The quantitative estimate of drug-likeness (QED) is 0.417. The van der Waals surface area contributed by atoms with E-state index in [9.17, 15) is 4.79 Å². The second-order valence-corrected chi connectivity index (χ2v) is 7.06. The summed E-state index contributed by atoms with van der Waals surface area (Å²) in [5, 5.41) is 3.98. The van der Waals surface area contributed by atoms with E-state index < -0.39 is 6.04 Å². The summed E-state index contributed by atoms with van der Waals surface area (Å²) in [6.45, 7) is 0.461. The number of hydrogen-bond donors (Lipinski definition) is 3. The number of nitrogens with two attached hydrogens (primary N) is 1. The second kappa shape index (κ2) is 8.84. The molecule has 1 atom stereocenters. The molecule has 0 spiro atoms. The van der Waals surface area contributed by atoms with Crippen LogP contribution in [0.25, 0.3) is 10.9 Å². The van der Waals surface area contributed by atoms with Crippen LogP contribution in [-0.4, -0.2) is 29.5 Å². The highest BCUT2D eigenvalue weighted by Crippen LogP contribution is 2.23. The van der Waals surface area contributed by atoms with Gasteiger partial charge in [0.2, 0.25) is 5.89 Å². The normalized spacial score (nSPS) is 12.1. The van der Waals surface area contributed by atoms with Crippen molar-refractivity contribution in [3.63, 3.8) is 0 Å². The van der Waals surface area contributed by atoms with Crippen LogP contribution in [0.2, 0.25) is 0 Å². The number of fused-ring (bicyclic) bond motifs is 1. The zero-order valence-corrected chi connectivity index (χ0v) is 16.7. The van der Waals surface area contributed by atoms with E-state index in [2.05, 4.69) is 15.3 Å². The number of H-pyrrole nitrogens is 1. The molecule has 4 aromatic rings. The number of amides is 1. The van der Waals surface area contributed by atoms with Crippen molar-refractivity contribution in [2.24, 2.45) is 5.73 Å². The van der Waals surface area contributed by atoms with Gasteiger partial charge in [0.1, 0.15) is 12.0 Å². The molecule has 1 amide bonds. The summed E-state index contributed by atoms with van der Waals surface area (Å²) in [5.74, 6) is 0.855. The van der Waals surface area contributed by atoms with E-state index in [1.807, 2.05) is 54.7 Å². The number of nitrogens with one attached hydrogen (secondary N) is 2. The van der Waals surface area contributed by atoms with Crippen LogP contribution in [0.5, 0.6) is 5.75 Å². The lowest BCUT2D eigenvalue weighted by Gasteiger charge is -2.08. The Labute approximate surface area is 174 Å². The third-order valence-corrected chi connectivity index (χ3v) is 5.06. The standard InChI is InChI=1S/C23H24N4O3/c1-29-21-9-5-2-6-15(21)10-11-25-22(28)20-14-30-23(27-20)18(24)12-16-13-26-19-8-4-3-7-17(16)19/h2-9,13-14,18,26H,10-12,24H2,1H3,(H,25,28). The zero-order chi connectivity index (χ0) is 20.9. The maximum absolute atomic E-state index is 12.4. The molecule has 0 aliphatic rings. The van der Waals surface area contributed by atoms with Gasteiger partial charge in [0.05, 0.1) is 13.2 Å². The number of nitrogens with zero attached hydrogens (tertiary/aromatic N) is 1. The molecule has 4 N–H and O–H groups in total. The van der Waals surface area contributed by atoms with Crippen LogP contribution in [0.4, 0.5) is 0 Å². The Morgan fingerprint density at radius 3 is 2.87 bits per heavy atom. The fourth-order valence-corrected chi connectivity index (χ4v) is 3.50. The first-order chi connectivity index (χ1) is 14.7. The highest BCUT2D eigenvalue weighted by atomic mass is 16.5. The maximum Gasteiger partial charge on any atom is 0.273 e. The molecule has 7 heteroatoms. The van der Waals surface area contributed by atoms with Crippen molar-refractivity contribution in [3.8, 4) is 5.75 Å². The van der Waals surface area contributed by atoms with Gasteiger partial charge in [-0.2, -0.15) is 0 Å². The monoisotopic (exact) mass is 404 g/mol. The number of hydrogen-bond acceptors (Lipinski definition) is 5. The fourth-order valence-electron chi connectivity index (χ4n) is 3.50. The lowest BCUT2D eigenvalue weighted by molar-refractivity contribution is 0.0949. The first kappa shape index (κ1) is 19.7. The SMILES string of the molecule is COc1ccccc1CCNC(=O)c1coc(C(N)Cc2c[nH]c3ccccc23)n1. The number of para-hydroxylation sites is 2. The van der Waals surface area contributed by atoms with Gasteiger partial charge in [-0.25, -0.2) is 4.98 Å². The van der Waals surface area contributed by atoms with Gasteiger partial charge in [-0.15, -0.1) is 0 Å². The van der Waals surface area contributed by atoms with Crippen molar-refractivity contribution in [1.82, 2.24) is 15.3 Å². The molecule has 2 aromatic carbocycles. The molecule has 0 saturated heterocycles. The van der Waals surface area contributed by atoms with Gasteiger partial charge in [0, 0.05) is 23.6 Å². The van der Waals surface area contributed by atoms with Gasteiger partial charge in [-0.05, 0) is 36.1 Å². The Bertz CT molecular complexity index is 1150. The number of oxazole rings is 1. The van der Waals surface area contributed by atoms with Crippen molar-refractivity contribution >= 4 is 16.8 Å². The third kappa shape index (κ3) is 4.21. The maximum atomic E-state index is 12.4. The van der Waals surface area contributed by atoms with Crippen LogP contribution >= 0.6 is 0 Å². The summed E-state index contributed by atoms with van der Waals surface area (Å²) in [6.07, 6.45) is 4.50. The van der Waals surface area contributed by atoms with Crippen LogP contribution in [0, 0.1) is 0 Å². The van der Waals surface area contributed by atoms with E-state index in [0.29, 0.717) is 25.3 Å². The fraction of sp³-hybridized carbons (Fsp3) is 0.217. The minimum absolute atomic E-state index is 0.222. The van der Waals surface area contributed by atoms with Gasteiger partial charge in [-0.3, -0.25) is 4.79 Å². The van der Waals surface area contributed by atoms with Crippen molar-refractivity contribution in [2.75, 3.05) is 13.7 Å². The van der Waals surface area contributed by atoms with Crippen molar-refractivity contribution < 1.29 is 13.9 Å². The second-order valence-electron chi connectivity index (χ2n) is 7.06. The summed E-state index contributed by atoms with van der Waals surface area (Å²) in [7, 11) is 1.63. The molecular formula is C23H24N4O3. The number of benzene rings is 2. The summed E-state index contributed by atoms with van der Waals surface area (Å²) in [6, 6.07) is 15.3. The van der Waals surface area contributed by atoms with E-state index >= 15 is 0 Å². The van der Waals surface area contributed by atoms with Gasteiger partial charge in [0.25, 0.3) is 5.91 Å². The average molecular weight is 404 g/mol. The Balaban J connectivity index is 1.35. The number of carbonyl (C=O) groups is 1. The Morgan fingerprint density at radius 2 is 2.00 bits per heavy atom. The molecule has 0 fully saturated rings. The summed E-state index contributed by atoms with van der Waals surface area (Å²) in [5.41, 5.74) is 9.67. The smallest absolute Gasteiger partial charge is 0.273 e.